The highest BCUT2D eigenvalue weighted by molar-refractivity contribution is 7.09. The Morgan fingerprint density at radius 3 is 2.62 bits per heavy atom. The first-order valence-electron chi connectivity index (χ1n) is 9.64. The summed E-state index contributed by atoms with van der Waals surface area (Å²) >= 11 is 7.79. The minimum absolute atomic E-state index is 0.00896. The molecule has 1 N–H and O–H groups in total. The Kier molecular flexibility index (Phi) is 7.67. The standard InChI is InChI=1S/C23H25ClN2O2S/c1-16-11-20(12-17(2)23(16)24)28-10-6-9-21(27)25-14-19-15-29-22(26-19)13-18-7-4-3-5-8-18/h3-5,7-8,11-12,15H,6,9-10,13-14H2,1-2H3,(H,25,27). The first-order chi connectivity index (χ1) is 14.0. The van der Waals surface area contributed by atoms with Crippen molar-refractivity contribution >= 4 is 28.8 Å². The summed E-state index contributed by atoms with van der Waals surface area (Å²) in [7, 11) is 0. The van der Waals surface area contributed by atoms with Gasteiger partial charge < -0.3 is 10.1 Å². The number of hydrogen-bond donors (Lipinski definition) is 1. The lowest BCUT2D eigenvalue weighted by Crippen LogP contribution is -2.23. The number of halogens is 1. The second-order valence-corrected chi connectivity index (χ2v) is 8.32. The molecule has 0 aliphatic rings. The van der Waals surface area contributed by atoms with Crippen molar-refractivity contribution in [1.29, 1.82) is 0 Å². The zero-order valence-electron chi connectivity index (χ0n) is 16.7. The monoisotopic (exact) mass is 428 g/mol. The number of thiazole rings is 1. The molecule has 0 aliphatic heterocycles. The van der Waals surface area contributed by atoms with E-state index in [1.807, 2.05) is 49.6 Å². The smallest absolute Gasteiger partial charge is 0.220 e. The Balaban J connectivity index is 1.36. The fourth-order valence-electron chi connectivity index (χ4n) is 2.97. The average molecular weight is 429 g/mol. The molecule has 0 spiro atoms. The summed E-state index contributed by atoms with van der Waals surface area (Å²) in [6.45, 7) is 4.87. The van der Waals surface area contributed by atoms with Crippen LogP contribution in [0.15, 0.2) is 47.8 Å². The molecule has 1 heterocycles. The number of aromatic nitrogens is 1. The van der Waals surface area contributed by atoms with Crippen molar-refractivity contribution in [3.63, 3.8) is 0 Å². The molecule has 1 amide bonds. The van der Waals surface area contributed by atoms with E-state index in [4.69, 9.17) is 16.3 Å². The highest BCUT2D eigenvalue weighted by Crippen LogP contribution is 2.26. The fourth-order valence-corrected chi connectivity index (χ4v) is 3.91. The van der Waals surface area contributed by atoms with Crippen LogP contribution in [0.3, 0.4) is 0 Å². The van der Waals surface area contributed by atoms with Crippen LogP contribution in [0.1, 0.15) is 40.2 Å². The zero-order chi connectivity index (χ0) is 20.6. The van der Waals surface area contributed by atoms with Crippen LogP contribution in [0.5, 0.6) is 5.75 Å². The van der Waals surface area contributed by atoms with Gasteiger partial charge in [-0.15, -0.1) is 11.3 Å². The van der Waals surface area contributed by atoms with E-state index < -0.39 is 0 Å². The lowest BCUT2D eigenvalue weighted by Gasteiger charge is -2.10. The van der Waals surface area contributed by atoms with Gasteiger partial charge in [-0.3, -0.25) is 4.79 Å². The Morgan fingerprint density at radius 1 is 1.17 bits per heavy atom. The number of amides is 1. The van der Waals surface area contributed by atoms with Gasteiger partial charge in [-0.05, 0) is 49.1 Å². The van der Waals surface area contributed by atoms with Crippen LogP contribution in [0.4, 0.5) is 0 Å². The van der Waals surface area contributed by atoms with Crippen LogP contribution in [0.25, 0.3) is 0 Å². The van der Waals surface area contributed by atoms with E-state index in [0.717, 1.165) is 39.0 Å². The molecule has 0 bridgehead atoms. The Labute approximate surface area is 180 Å². The van der Waals surface area contributed by atoms with Gasteiger partial charge in [-0.1, -0.05) is 41.9 Å². The van der Waals surface area contributed by atoms with E-state index in [9.17, 15) is 4.79 Å². The number of aryl methyl sites for hydroxylation is 2. The maximum Gasteiger partial charge on any atom is 0.220 e. The summed E-state index contributed by atoms with van der Waals surface area (Å²) < 4.78 is 5.75. The number of carbonyl (C=O) groups excluding carboxylic acids is 1. The maximum atomic E-state index is 12.1. The van der Waals surface area contributed by atoms with Crippen molar-refractivity contribution < 1.29 is 9.53 Å². The van der Waals surface area contributed by atoms with Crippen molar-refractivity contribution in [2.75, 3.05) is 6.61 Å². The molecular weight excluding hydrogens is 404 g/mol. The third-order valence-corrected chi connectivity index (χ3v) is 5.98. The van der Waals surface area contributed by atoms with Crippen LogP contribution < -0.4 is 10.1 Å². The van der Waals surface area contributed by atoms with Crippen LogP contribution in [0, 0.1) is 13.8 Å². The molecule has 4 nitrogen and oxygen atoms in total. The van der Waals surface area contributed by atoms with E-state index in [2.05, 4.69) is 22.4 Å². The molecule has 0 radical (unpaired) electrons. The molecule has 0 atom stereocenters. The fraction of sp³-hybridized carbons (Fsp3) is 0.304. The van der Waals surface area contributed by atoms with Gasteiger partial charge in [0, 0.05) is 23.2 Å². The second-order valence-electron chi connectivity index (χ2n) is 6.99. The molecule has 0 saturated heterocycles. The summed E-state index contributed by atoms with van der Waals surface area (Å²) in [5, 5.41) is 6.77. The predicted octanol–water partition coefficient (Wildman–Crippen LogP) is 5.48. The summed E-state index contributed by atoms with van der Waals surface area (Å²) in [5.74, 6) is 0.799. The number of nitrogens with zero attached hydrogens (tertiary/aromatic N) is 1. The third-order valence-electron chi connectivity index (χ3n) is 4.49. The van der Waals surface area contributed by atoms with Gasteiger partial charge in [0.05, 0.1) is 23.9 Å². The van der Waals surface area contributed by atoms with Crippen LogP contribution in [-0.2, 0) is 17.8 Å². The van der Waals surface area contributed by atoms with Crippen molar-refractivity contribution in [2.45, 2.75) is 39.7 Å². The third kappa shape index (κ3) is 6.58. The van der Waals surface area contributed by atoms with Gasteiger partial charge in [-0.2, -0.15) is 0 Å². The molecule has 3 aromatic rings. The highest BCUT2D eigenvalue weighted by Gasteiger charge is 2.07. The van der Waals surface area contributed by atoms with Crippen molar-refractivity contribution in [3.05, 3.63) is 80.3 Å². The Morgan fingerprint density at radius 2 is 1.90 bits per heavy atom. The van der Waals surface area contributed by atoms with E-state index in [-0.39, 0.29) is 5.91 Å². The van der Waals surface area contributed by atoms with Crippen molar-refractivity contribution in [2.24, 2.45) is 0 Å². The summed E-state index contributed by atoms with van der Waals surface area (Å²) in [6, 6.07) is 14.1. The molecule has 1 aromatic heterocycles. The molecule has 6 heteroatoms. The lowest BCUT2D eigenvalue weighted by atomic mass is 10.1. The molecule has 0 unspecified atom stereocenters. The number of ether oxygens (including phenoxy) is 1. The Bertz CT molecular complexity index is 934. The number of hydrogen-bond acceptors (Lipinski definition) is 4. The molecule has 29 heavy (non-hydrogen) atoms. The van der Waals surface area contributed by atoms with Crippen LogP contribution in [0.2, 0.25) is 5.02 Å². The SMILES string of the molecule is Cc1cc(OCCCC(=O)NCc2csc(Cc3ccccc3)n2)cc(C)c1Cl. The number of nitrogens with one attached hydrogen (secondary N) is 1. The molecule has 2 aromatic carbocycles. The minimum atomic E-state index is 0.00896. The normalized spacial score (nSPS) is 10.7. The molecule has 3 rings (SSSR count). The van der Waals surface area contributed by atoms with E-state index in [0.29, 0.717) is 26.0 Å². The average Bonchev–Trinajstić information content (AvgIpc) is 3.16. The molecular formula is C23H25ClN2O2S. The van der Waals surface area contributed by atoms with E-state index in [1.54, 1.807) is 11.3 Å². The van der Waals surface area contributed by atoms with Gasteiger partial charge in [0.15, 0.2) is 0 Å². The lowest BCUT2D eigenvalue weighted by molar-refractivity contribution is -0.121. The Hall–Kier alpha value is -2.37. The number of benzene rings is 2. The van der Waals surface area contributed by atoms with Crippen LogP contribution >= 0.6 is 22.9 Å². The molecule has 0 aliphatic carbocycles. The molecule has 152 valence electrons. The first-order valence-corrected chi connectivity index (χ1v) is 10.9. The minimum Gasteiger partial charge on any atom is -0.494 e. The van der Waals surface area contributed by atoms with Crippen LogP contribution in [-0.4, -0.2) is 17.5 Å². The van der Waals surface area contributed by atoms with E-state index in [1.165, 1.54) is 5.56 Å². The molecule has 0 fully saturated rings. The van der Waals surface area contributed by atoms with Gasteiger partial charge in [0.1, 0.15) is 5.75 Å². The molecule has 0 saturated carbocycles. The largest absolute Gasteiger partial charge is 0.494 e. The first kappa shape index (κ1) is 21.3. The van der Waals surface area contributed by atoms with Gasteiger partial charge >= 0.3 is 0 Å². The summed E-state index contributed by atoms with van der Waals surface area (Å²) in [5.41, 5.74) is 4.13. The van der Waals surface area contributed by atoms with Gasteiger partial charge in [0.25, 0.3) is 0 Å². The zero-order valence-corrected chi connectivity index (χ0v) is 18.3. The van der Waals surface area contributed by atoms with Crippen molar-refractivity contribution in [3.8, 4) is 5.75 Å². The summed E-state index contributed by atoms with van der Waals surface area (Å²) in [4.78, 5) is 16.7. The maximum absolute atomic E-state index is 12.1. The topological polar surface area (TPSA) is 51.2 Å². The van der Waals surface area contributed by atoms with Gasteiger partial charge in [0.2, 0.25) is 5.91 Å². The highest BCUT2D eigenvalue weighted by atomic mass is 35.5. The van der Waals surface area contributed by atoms with Crippen molar-refractivity contribution in [1.82, 2.24) is 10.3 Å². The number of rotatable bonds is 9. The predicted molar refractivity (Wildman–Crippen MR) is 119 cm³/mol. The summed E-state index contributed by atoms with van der Waals surface area (Å²) in [6.07, 6.45) is 1.90. The van der Waals surface area contributed by atoms with E-state index >= 15 is 0 Å². The quantitative estimate of drug-likeness (QED) is 0.459. The van der Waals surface area contributed by atoms with Gasteiger partial charge in [-0.25, -0.2) is 4.98 Å². The second kappa shape index (κ2) is 10.4. The number of carbonyl (C=O) groups is 1.